The third kappa shape index (κ3) is 7.53. The van der Waals surface area contributed by atoms with E-state index in [1.54, 1.807) is 0 Å². The SMILES string of the molecule is Cc1cc(OC(=O)CCCC[P+](c2ccccc2)(c2ccccc2)c2ccccc2)c(C(C)C)cc1-c1ccccc1.[Br-]. The van der Waals surface area contributed by atoms with E-state index in [2.05, 4.69) is 142 Å². The number of carbonyl (C=O) groups excluding carboxylic acids is 1. The van der Waals surface area contributed by atoms with E-state index in [1.807, 2.05) is 12.1 Å². The van der Waals surface area contributed by atoms with Gasteiger partial charge in [0.1, 0.15) is 28.9 Å². The monoisotopic (exact) mass is 650 g/mol. The van der Waals surface area contributed by atoms with E-state index in [4.69, 9.17) is 4.74 Å². The van der Waals surface area contributed by atoms with Gasteiger partial charge in [-0.1, -0.05) is 98.8 Å². The van der Waals surface area contributed by atoms with Gasteiger partial charge in [-0.25, -0.2) is 0 Å². The number of hydrogen-bond donors (Lipinski definition) is 0. The number of esters is 1. The lowest BCUT2D eigenvalue weighted by molar-refractivity contribution is -0.134. The van der Waals surface area contributed by atoms with Gasteiger partial charge in [0.05, 0.1) is 6.16 Å². The zero-order chi connectivity index (χ0) is 29.4. The lowest BCUT2D eigenvalue weighted by Gasteiger charge is -2.27. The maximum absolute atomic E-state index is 13.2. The van der Waals surface area contributed by atoms with Crippen molar-refractivity contribution in [3.8, 4) is 16.9 Å². The van der Waals surface area contributed by atoms with Crippen molar-refractivity contribution in [3.05, 3.63) is 145 Å². The number of aryl methyl sites for hydroxylation is 1. The maximum atomic E-state index is 13.2. The Hall–Kier alpha value is -3.52. The van der Waals surface area contributed by atoms with Gasteiger partial charge in [-0.05, 0) is 96.5 Å². The second kappa shape index (κ2) is 15.3. The van der Waals surface area contributed by atoms with Crippen molar-refractivity contribution in [1.82, 2.24) is 0 Å². The van der Waals surface area contributed by atoms with E-state index in [0.29, 0.717) is 12.2 Å². The quantitative estimate of drug-likeness (QED) is 0.0775. The van der Waals surface area contributed by atoms with Crippen LogP contribution >= 0.6 is 7.26 Å². The van der Waals surface area contributed by atoms with Crippen LogP contribution in [0.15, 0.2) is 133 Å². The van der Waals surface area contributed by atoms with Crippen molar-refractivity contribution >= 4 is 29.1 Å². The largest absolute Gasteiger partial charge is 1.00 e. The number of unbranched alkanes of at least 4 members (excludes halogenated alkanes) is 1. The Balaban J connectivity index is 0.00000423. The summed E-state index contributed by atoms with van der Waals surface area (Å²) in [7, 11) is -1.89. The summed E-state index contributed by atoms with van der Waals surface area (Å²) in [5.41, 5.74) is 4.53. The average molecular weight is 652 g/mol. The van der Waals surface area contributed by atoms with Crippen LogP contribution in [0.2, 0.25) is 0 Å². The molecule has 0 radical (unpaired) electrons. The Morgan fingerprint density at radius 1 is 0.674 bits per heavy atom. The molecule has 5 rings (SSSR count). The Bertz CT molecular complexity index is 1490. The number of ether oxygens (including phenoxy) is 1. The molecule has 0 spiro atoms. The Labute approximate surface area is 268 Å². The average Bonchev–Trinajstić information content (AvgIpc) is 3.03. The van der Waals surface area contributed by atoms with Crippen LogP contribution in [0.3, 0.4) is 0 Å². The molecular formula is C39H40BrO2P. The molecule has 0 bridgehead atoms. The van der Waals surface area contributed by atoms with E-state index < -0.39 is 7.26 Å². The van der Waals surface area contributed by atoms with Crippen molar-refractivity contribution in [2.24, 2.45) is 0 Å². The van der Waals surface area contributed by atoms with Gasteiger partial charge in [-0.3, -0.25) is 4.79 Å². The number of rotatable bonds is 11. The smallest absolute Gasteiger partial charge is 0.311 e. The van der Waals surface area contributed by atoms with Crippen LogP contribution in [0.25, 0.3) is 11.1 Å². The minimum absolute atomic E-state index is 0. The van der Waals surface area contributed by atoms with Crippen LogP contribution in [0.5, 0.6) is 5.75 Å². The first-order valence-corrected chi connectivity index (χ1v) is 16.9. The Kier molecular flexibility index (Phi) is 11.5. The van der Waals surface area contributed by atoms with E-state index in [-0.39, 0.29) is 28.9 Å². The summed E-state index contributed by atoms with van der Waals surface area (Å²) < 4.78 is 6.03. The minimum Gasteiger partial charge on any atom is -1.00 e. The van der Waals surface area contributed by atoms with Crippen LogP contribution in [0.1, 0.15) is 50.2 Å². The summed E-state index contributed by atoms with van der Waals surface area (Å²) in [5.74, 6) is 0.766. The first-order chi connectivity index (χ1) is 20.5. The van der Waals surface area contributed by atoms with Gasteiger partial charge >= 0.3 is 5.97 Å². The molecule has 0 heterocycles. The molecule has 5 aromatic rings. The van der Waals surface area contributed by atoms with E-state index in [9.17, 15) is 4.79 Å². The van der Waals surface area contributed by atoms with E-state index in [1.165, 1.54) is 27.0 Å². The van der Waals surface area contributed by atoms with Gasteiger partial charge < -0.3 is 21.7 Å². The fourth-order valence-corrected chi connectivity index (χ4v) is 10.3. The van der Waals surface area contributed by atoms with Crippen LogP contribution in [0, 0.1) is 6.92 Å². The van der Waals surface area contributed by atoms with Crippen LogP contribution in [-0.2, 0) is 4.79 Å². The predicted molar refractivity (Wildman–Crippen MR) is 180 cm³/mol. The topological polar surface area (TPSA) is 26.3 Å². The zero-order valence-corrected chi connectivity index (χ0v) is 27.7. The molecule has 0 aliphatic carbocycles. The molecule has 0 aliphatic rings. The maximum Gasteiger partial charge on any atom is 0.311 e. The van der Waals surface area contributed by atoms with Crippen molar-refractivity contribution in [2.45, 2.75) is 46.0 Å². The van der Waals surface area contributed by atoms with E-state index in [0.717, 1.165) is 30.1 Å². The summed E-state index contributed by atoms with van der Waals surface area (Å²) in [5, 5.41) is 4.13. The summed E-state index contributed by atoms with van der Waals surface area (Å²) in [4.78, 5) is 13.2. The lowest BCUT2D eigenvalue weighted by Crippen LogP contribution is -3.00. The molecule has 220 valence electrons. The lowest BCUT2D eigenvalue weighted by atomic mass is 9.93. The molecule has 0 unspecified atom stereocenters. The summed E-state index contributed by atoms with van der Waals surface area (Å²) >= 11 is 0. The number of hydrogen-bond acceptors (Lipinski definition) is 2. The molecule has 0 saturated heterocycles. The molecule has 0 atom stereocenters. The molecule has 0 saturated carbocycles. The fraction of sp³-hybridized carbons (Fsp3) is 0.205. The van der Waals surface area contributed by atoms with Crippen molar-refractivity contribution in [3.63, 3.8) is 0 Å². The molecule has 0 N–H and O–H groups in total. The highest BCUT2D eigenvalue weighted by Gasteiger charge is 2.44. The zero-order valence-electron chi connectivity index (χ0n) is 25.2. The molecule has 43 heavy (non-hydrogen) atoms. The van der Waals surface area contributed by atoms with Crippen LogP contribution < -0.4 is 37.6 Å². The van der Waals surface area contributed by atoms with Crippen molar-refractivity contribution < 1.29 is 26.5 Å². The minimum atomic E-state index is -1.89. The predicted octanol–water partition coefficient (Wildman–Crippen LogP) is 5.86. The normalized spacial score (nSPS) is 11.2. The number of halogens is 1. The van der Waals surface area contributed by atoms with Crippen LogP contribution in [-0.4, -0.2) is 12.1 Å². The van der Waals surface area contributed by atoms with Gasteiger partial charge in [0.15, 0.2) is 0 Å². The third-order valence-corrected chi connectivity index (χ3v) is 12.5. The highest BCUT2D eigenvalue weighted by Crippen LogP contribution is 2.56. The van der Waals surface area contributed by atoms with Gasteiger partial charge in [0.2, 0.25) is 0 Å². The molecule has 0 aliphatic heterocycles. The third-order valence-electron chi connectivity index (χ3n) is 8.00. The summed E-state index contributed by atoms with van der Waals surface area (Å²) in [6.07, 6.45) is 3.12. The highest BCUT2D eigenvalue weighted by atomic mass is 79.9. The molecule has 0 amide bonds. The molecule has 0 aromatic heterocycles. The fourth-order valence-electron chi connectivity index (χ4n) is 5.84. The van der Waals surface area contributed by atoms with Gasteiger partial charge in [0, 0.05) is 6.42 Å². The molecule has 5 aromatic carbocycles. The summed E-state index contributed by atoms with van der Waals surface area (Å²) in [6, 6.07) is 47.4. The molecule has 4 heteroatoms. The highest BCUT2D eigenvalue weighted by molar-refractivity contribution is 7.95. The number of carbonyl (C=O) groups is 1. The summed E-state index contributed by atoms with van der Waals surface area (Å²) in [6.45, 7) is 6.39. The molecular weight excluding hydrogens is 611 g/mol. The van der Waals surface area contributed by atoms with Crippen molar-refractivity contribution in [1.29, 1.82) is 0 Å². The second-order valence-electron chi connectivity index (χ2n) is 11.2. The van der Waals surface area contributed by atoms with Gasteiger partial charge in [-0.15, -0.1) is 0 Å². The molecule has 2 nitrogen and oxygen atoms in total. The molecule has 0 fully saturated rings. The number of benzene rings is 5. The first-order valence-electron chi connectivity index (χ1n) is 14.9. The van der Waals surface area contributed by atoms with Crippen LogP contribution in [0.4, 0.5) is 0 Å². The van der Waals surface area contributed by atoms with Gasteiger partial charge in [0.25, 0.3) is 0 Å². The Morgan fingerprint density at radius 2 is 1.14 bits per heavy atom. The standard InChI is InChI=1S/C39H40O2P.BrH/c1-30(2)36-29-37(32-18-8-4-9-19-32)31(3)28-38(36)41-39(40)26-16-17-27-42(33-20-10-5-11-21-33,34-22-12-6-13-23-34)35-24-14-7-15-25-35;/h4-15,18-25,28-30H,16-17,26-27H2,1-3H3;1H/q+1;/p-1. The Morgan fingerprint density at radius 3 is 1.60 bits per heavy atom. The van der Waals surface area contributed by atoms with Gasteiger partial charge in [-0.2, -0.15) is 0 Å². The van der Waals surface area contributed by atoms with Crippen molar-refractivity contribution in [2.75, 3.05) is 6.16 Å². The van der Waals surface area contributed by atoms with E-state index >= 15 is 0 Å². The first kappa shape index (κ1) is 32.4. The second-order valence-corrected chi connectivity index (χ2v) is 14.8.